The highest BCUT2D eigenvalue weighted by Crippen LogP contribution is 2.32. The SMILES string of the molecule is CC1CC(NC(=O)CCC(CCN)C(C)(C)C)CCO1. The first-order chi connectivity index (χ1) is 9.32. The summed E-state index contributed by atoms with van der Waals surface area (Å²) in [6, 6.07) is 0.286. The molecule has 0 spiro atoms. The van der Waals surface area contributed by atoms with Crippen LogP contribution >= 0.6 is 0 Å². The van der Waals surface area contributed by atoms with Gasteiger partial charge in [0.05, 0.1) is 6.10 Å². The van der Waals surface area contributed by atoms with Crippen LogP contribution in [0.4, 0.5) is 0 Å². The molecule has 0 aromatic carbocycles. The largest absolute Gasteiger partial charge is 0.378 e. The highest BCUT2D eigenvalue weighted by atomic mass is 16.5. The zero-order valence-electron chi connectivity index (χ0n) is 13.6. The van der Waals surface area contributed by atoms with Crippen molar-refractivity contribution in [1.29, 1.82) is 0 Å². The molecule has 20 heavy (non-hydrogen) atoms. The van der Waals surface area contributed by atoms with Crippen molar-refractivity contribution in [1.82, 2.24) is 5.32 Å². The summed E-state index contributed by atoms with van der Waals surface area (Å²) in [5.41, 5.74) is 5.90. The van der Waals surface area contributed by atoms with Gasteiger partial charge in [0.25, 0.3) is 0 Å². The number of nitrogens with two attached hydrogens (primary N) is 1. The van der Waals surface area contributed by atoms with Gasteiger partial charge < -0.3 is 15.8 Å². The molecule has 3 unspecified atom stereocenters. The third kappa shape index (κ3) is 6.23. The van der Waals surface area contributed by atoms with Gasteiger partial charge in [0.2, 0.25) is 5.91 Å². The van der Waals surface area contributed by atoms with Crippen molar-refractivity contribution in [3.8, 4) is 0 Å². The fourth-order valence-electron chi connectivity index (χ4n) is 2.95. The Hall–Kier alpha value is -0.610. The molecule has 118 valence electrons. The van der Waals surface area contributed by atoms with Gasteiger partial charge in [-0.2, -0.15) is 0 Å². The molecule has 1 saturated heterocycles. The minimum Gasteiger partial charge on any atom is -0.378 e. The second-order valence-corrected chi connectivity index (χ2v) is 7.15. The van der Waals surface area contributed by atoms with Gasteiger partial charge in [-0.1, -0.05) is 20.8 Å². The molecule has 0 bridgehead atoms. The maximum Gasteiger partial charge on any atom is 0.220 e. The third-order valence-electron chi connectivity index (χ3n) is 4.31. The van der Waals surface area contributed by atoms with E-state index < -0.39 is 0 Å². The van der Waals surface area contributed by atoms with Crippen LogP contribution in [0.1, 0.15) is 59.8 Å². The van der Waals surface area contributed by atoms with Crippen LogP contribution in [0.25, 0.3) is 0 Å². The van der Waals surface area contributed by atoms with Crippen LogP contribution in [-0.2, 0) is 9.53 Å². The number of hydrogen-bond donors (Lipinski definition) is 2. The lowest BCUT2D eigenvalue weighted by molar-refractivity contribution is -0.123. The molecule has 1 aliphatic rings. The Morgan fingerprint density at radius 1 is 1.40 bits per heavy atom. The molecule has 1 amide bonds. The Kier molecular flexibility index (Phi) is 6.96. The maximum atomic E-state index is 12.1. The summed E-state index contributed by atoms with van der Waals surface area (Å²) >= 11 is 0. The van der Waals surface area contributed by atoms with E-state index in [4.69, 9.17) is 10.5 Å². The summed E-state index contributed by atoms with van der Waals surface area (Å²) in [4.78, 5) is 12.1. The lowest BCUT2D eigenvalue weighted by Crippen LogP contribution is -2.41. The van der Waals surface area contributed by atoms with E-state index in [0.717, 1.165) is 32.3 Å². The highest BCUT2D eigenvalue weighted by molar-refractivity contribution is 5.76. The standard InChI is InChI=1S/C16H32N2O2/c1-12-11-14(8-10-20-12)18-15(19)6-5-13(7-9-17)16(2,3)4/h12-14H,5-11,17H2,1-4H3,(H,18,19). The van der Waals surface area contributed by atoms with Gasteiger partial charge in [0.1, 0.15) is 0 Å². The second-order valence-electron chi connectivity index (χ2n) is 7.15. The fraction of sp³-hybridized carbons (Fsp3) is 0.938. The van der Waals surface area contributed by atoms with E-state index in [1.807, 2.05) is 0 Å². The minimum atomic E-state index is 0.176. The van der Waals surface area contributed by atoms with Gasteiger partial charge >= 0.3 is 0 Å². The average molecular weight is 284 g/mol. The molecule has 1 heterocycles. The van der Waals surface area contributed by atoms with Crippen LogP contribution in [0, 0.1) is 11.3 Å². The molecule has 3 atom stereocenters. The summed E-state index contributed by atoms with van der Waals surface area (Å²) in [5.74, 6) is 0.683. The summed E-state index contributed by atoms with van der Waals surface area (Å²) in [6.45, 7) is 10.2. The van der Waals surface area contributed by atoms with Crippen LogP contribution in [0.5, 0.6) is 0 Å². The molecular formula is C16H32N2O2. The van der Waals surface area contributed by atoms with E-state index in [2.05, 4.69) is 33.0 Å². The van der Waals surface area contributed by atoms with Gasteiger partial charge in [0.15, 0.2) is 0 Å². The first-order valence-corrected chi connectivity index (χ1v) is 7.94. The van der Waals surface area contributed by atoms with Crippen molar-refractivity contribution in [2.24, 2.45) is 17.1 Å². The summed E-state index contributed by atoms with van der Waals surface area (Å²) in [5, 5.41) is 3.15. The number of carbonyl (C=O) groups is 1. The maximum absolute atomic E-state index is 12.1. The Balaban J connectivity index is 2.34. The molecule has 0 aromatic heterocycles. The monoisotopic (exact) mass is 284 g/mol. The Morgan fingerprint density at radius 2 is 2.10 bits per heavy atom. The van der Waals surface area contributed by atoms with Crippen molar-refractivity contribution < 1.29 is 9.53 Å². The van der Waals surface area contributed by atoms with E-state index in [-0.39, 0.29) is 23.5 Å². The van der Waals surface area contributed by atoms with Crippen LogP contribution in [0.15, 0.2) is 0 Å². The summed E-state index contributed by atoms with van der Waals surface area (Å²) in [6.07, 6.45) is 4.64. The molecule has 0 radical (unpaired) electrons. The van der Waals surface area contributed by atoms with E-state index in [0.29, 0.717) is 18.9 Å². The highest BCUT2D eigenvalue weighted by Gasteiger charge is 2.25. The number of hydrogen-bond acceptors (Lipinski definition) is 3. The van der Waals surface area contributed by atoms with Crippen molar-refractivity contribution in [3.05, 3.63) is 0 Å². The summed E-state index contributed by atoms with van der Waals surface area (Å²) in [7, 11) is 0. The lowest BCUT2D eigenvalue weighted by atomic mass is 9.76. The smallest absolute Gasteiger partial charge is 0.220 e. The predicted octanol–water partition coefficient (Wildman–Crippen LogP) is 2.46. The number of nitrogens with one attached hydrogen (secondary N) is 1. The first kappa shape index (κ1) is 17.4. The zero-order valence-corrected chi connectivity index (χ0v) is 13.6. The molecule has 0 saturated carbocycles. The van der Waals surface area contributed by atoms with Crippen molar-refractivity contribution in [3.63, 3.8) is 0 Å². The number of carbonyl (C=O) groups excluding carboxylic acids is 1. The lowest BCUT2D eigenvalue weighted by Gasteiger charge is -2.31. The average Bonchev–Trinajstić information content (AvgIpc) is 2.33. The van der Waals surface area contributed by atoms with Gasteiger partial charge in [-0.25, -0.2) is 0 Å². The van der Waals surface area contributed by atoms with E-state index >= 15 is 0 Å². The van der Waals surface area contributed by atoms with Gasteiger partial charge in [-0.15, -0.1) is 0 Å². The molecule has 3 N–H and O–H groups in total. The number of amides is 1. The quantitative estimate of drug-likeness (QED) is 0.787. The Bertz CT molecular complexity index is 299. The van der Waals surface area contributed by atoms with Crippen LogP contribution in [0.2, 0.25) is 0 Å². The molecular weight excluding hydrogens is 252 g/mol. The zero-order chi connectivity index (χ0) is 15.2. The molecule has 4 heteroatoms. The van der Waals surface area contributed by atoms with Gasteiger partial charge in [0, 0.05) is 19.1 Å². The predicted molar refractivity (Wildman–Crippen MR) is 82.4 cm³/mol. The number of rotatable bonds is 6. The van der Waals surface area contributed by atoms with E-state index in [1.165, 1.54) is 0 Å². The fourth-order valence-corrected chi connectivity index (χ4v) is 2.95. The normalized spacial score (nSPS) is 25.2. The molecule has 1 aliphatic heterocycles. The molecule has 0 aromatic rings. The first-order valence-electron chi connectivity index (χ1n) is 7.94. The summed E-state index contributed by atoms with van der Waals surface area (Å²) < 4.78 is 5.50. The third-order valence-corrected chi connectivity index (χ3v) is 4.31. The second kappa shape index (κ2) is 7.99. The topological polar surface area (TPSA) is 64.4 Å². The molecule has 0 aliphatic carbocycles. The van der Waals surface area contributed by atoms with Crippen molar-refractivity contribution in [2.75, 3.05) is 13.2 Å². The Morgan fingerprint density at radius 3 is 2.65 bits per heavy atom. The van der Waals surface area contributed by atoms with E-state index in [1.54, 1.807) is 0 Å². The van der Waals surface area contributed by atoms with Crippen LogP contribution in [0.3, 0.4) is 0 Å². The van der Waals surface area contributed by atoms with Crippen molar-refractivity contribution in [2.45, 2.75) is 71.9 Å². The molecule has 4 nitrogen and oxygen atoms in total. The Labute approximate surface area is 123 Å². The van der Waals surface area contributed by atoms with E-state index in [9.17, 15) is 4.79 Å². The van der Waals surface area contributed by atoms with Crippen molar-refractivity contribution >= 4 is 5.91 Å². The van der Waals surface area contributed by atoms with Gasteiger partial charge in [-0.3, -0.25) is 4.79 Å². The molecule has 1 rings (SSSR count). The minimum absolute atomic E-state index is 0.176. The molecule has 1 fully saturated rings. The van der Waals surface area contributed by atoms with Gasteiger partial charge in [-0.05, 0) is 50.5 Å². The van der Waals surface area contributed by atoms with Crippen LogP contribution in [-0.4, -0.2) is 31.2 Å². The van der Waals surface area contributed by atoms with Crippen LogP contribution < -0.4 is 11.1 Å². The number of ether oxygens (including phenoxy) is 1.